The van der Waals surface area contributed by atoms with Crippen LogP contribution in [0.3, 0.4) is 0 Å². The lowest BCUT2D eigenvalue weighted by atomic mass is 10.1. The molecule has 0 atom stereocenters. The van der Waals surface area contributed by atoms with Crippen LogP contribution >= 0.6 is 0 Å². The van der Waals surface area contributed by atoms with Gasteiger partial charge in [-0.3, -0.25) is 19.1 Å². The molecule has 0 radical (unpaired) electrons. The summed E-state index contributed by atoms with van der Waals surface area (Å²) in [5, 5.41) is 14.7. The molecule has 3 N–H and O–H groups in total. The molecule has 0 saturated heterocycles. The number of rotatable bonds is 10. The monoisotopic (exact) mass is 400 g/mol. The van der Waals surface area contributed by atoms with Crippen molar-refractivity contribution < 1.29 is 9.90 Å². The van der Waals surface area contributed by atoms with E-state index in [0.717, 1.165) is 35.8 Å². The lowest BCUT2D eigenvalue weighted by Crippen LogP contribution is -2.34. The molecule has 0 bridgehead atoms. The fourth-order valence-corrected chi connectivity index (χ4v) is 2.94. The van der Waals surface area contributed by atoms with E-state index in [0.29, 0.717) is 6.42 Å². The Morgan fingerprint density at radius 2 is 1.86 bits per heavy atom. The second-order valence-corrected chi connectivity index (χ2v) is 6.79. The number of carbonyl (C=O) groups excluding carboxylic acids is 1. The molecular weight excluding hydrogens is 372 g/mol. The topological polar surface area (TPSA) is 117 Å². The number of unbranched alkanes of at least 4 members (excludes halogenated alkanes) is 3. The molecule has 0 saturated carbocycles. The third kappa shape index (κ3) is 6.17. The number of hydrogen-bond acceptors (Lipinski definition) is 5. The highest BCUT2D eigenvalue weighted by Crippen LogP contribution is 2.15. The highest BCUT2D eigenvalue weighted by atomic mass is 16.3. The van der Waals surface area contributed by atoms with Gasteiger partial charge < -0.3 is 5.11 Å². The number of aromatic nitrogens is 2. The number of H-pyrrole nitrogens is 1. The smallest absolute Gasteiger partial charge is 0.331 e. The Balaban J connectivity index is 2.26. The molecule has 1 amide bonds. The standard InChI is InChI=1S/C21H28N4O4/c1-3-5-6-10-13-17(26)24-23-16(4-2)18-19(27)22-21(29)25(20(18)28)14-15-11-8-7-9-12-15/h7-9,11-12,28H,3-6,10,13-14H2,1-2H3,(H,24,26)(H,22,27,29). The maximum absolute atomic E-state index is 12.3. The fraction of sp³-hybridized carbons (Fsp3) is 0.429. The van der Waals surface area contributed by atoms with Crippen LogP contribution in [0, 0.1) is 0 Å². The largest absolute Gasteiger partial charge is 0.494 e. The zero-order chi connectivity index (χ0) is 21.2. The molecular formula is C21H28N4O4. The van der Waals surface area contributed by atoms with Crippen LogP contribution in [0.2, 0.25) is 0 Å². The summed E-state index contributed by atoms with van der Waals surface area (Å²) in [5.74, 6) is -0.721. The number of carbonyl (C=O) groups is 1. The molecule has 0 aliphatic heterocycles. The molecule has 1 aromatic carbocycles. The van der Waals surface area contributed by atoms with Crippen molar-refractivity contribution in [2.45, 2.75) is 58.9 Å². The number of nitrogens with zero attached hydrogens (tertiary/aromatic N) is 2. The third-order valence-corrected chi connectivity index (χ3v) is 4.55. The zero-order valence-corrected chi connectivity index (χ0v) is 16.9. The van der Waals surface area contributed by atoms with E-state index in [1.54, 1.807) is 6.92 Å². The summed E-state index contributed by atoms with van der Waals surface area (Å²) in [6, 6.07) is 9.10. The molecule has 2 rings (SSSR count). The van der Waals surface area contributed by atoms with Crippen molar-refractivity contribution in [3.8, 4) is 5.88 Å². The van der Waals surface area contributed by atoms with Crippen LogP contribution in [0.25, 0.3) is 0 Å². The normalized spacial score (nSPS) is 11.4. The lowest BCUT2D eigenvalue weighted by Gasteiger charge is -2.12. The summed E-state index contributed by atoms with van der Waals surface area (Å²) in [5.41, 5.74) is 1.87. The van der Waals surface area contributed by atoms with Gasteiger partial charge in [0.15, 0.2) is 0 Å². The van der Waals surface area contributed by atoms with Crippen LogP contribution in [-0.4, -0.2) is 26.3 Å². The van der Waals surface area contributed by atoms with Crippen molar-refractivity contribution in [1.82, 2.24) is 15.0 Å². The van der Waals surface area contributed by atoms with Gasteiger partial charge in [-0.05, 0) is 18.4 Å². The number of hydrogen-bond donors (Lipinski definition) is 3. The van der Waals surface area contributed by atoms with Gasteiger partial charge in [0, 0.05) is 6.42 Å². The predicted molar refractivity (Wildman–Crippen MR) is 112 cm³/mol. The van der Waals surface area contributed by atoms with Crippen molar-refractivity contribution >= 4 is 11.6 Å². The van der Waals surface area contributed by atoms with E-state index in [1.807, 2.05) is 30.3 Å². The first-order chi connectivity index (χ1) is 14.0. The van der Waals surface area contributed by atoms with Crippen LogP contribution in [0.4, 0.5) is 0 Å². The summed E-state index contributed by atoms with van der Waals surface area (Å²) in [6.45, 7) is 3.94. The molecule has 0 aliphatic carbocycles. The van der Waals surface area contributed by atoms with E-state index in [-0.39, 0.29) is 30.1 Å². The second kappa shape index (κ2) is 11.0. The van der Waals surface area contributed by atoms with Gasteiger partial charge in [-0.2, -0.15) is 5.10 Å². The molecule has 2 aromatic rings. The highest BCUT2D eigenvalue weighted by molar-refractivity contribution is 6.02. The first-order valence-electron chi connectivity index (χ1n) is 9.93. The van der Waals surface area contributed by atoms with E-state index in [4.69, 9.17) is 0 Å². The minimum absolute atomic E-state index is 0.0933. The Kier molecular flexibility index (Phi) is 8.39. The van der Waals surface area contributed by atoms with E-state index in [1.165, 1.54) is 0 Å². The Labute approximate surface area is 169 Å². The summed E-state index contributed by atoms with van der Waals surface area (Å²) >= 11 is 0. The minimum atomic E-state index is -0.741. The first-order valence-corrected chi connectivity index (χ1v) is 9.93. The Hall–Kier alpha value is -3.16. The lowest BCUT2D eigenvalue weighted by molar-refractivity contribution is -0.121. The molecule has 0 unspecified atom stereocenters. The molecule has 8 heteroatoms. The van der Waals surface area contributed by atoms with Crippen LogP contribution in [-0.2, 0) is 11.3 Å². The van der Waals surface area contributed by atoms with Gasteiger partial charge in [-0.25, -0.2) is 10.2 Å². The minimum Gasteiger partial charge on any atom is -0.494 e. The zero-order valence-electron chi connectivity index (χ0n) is 16.9. The van der Waals surface area contributed by atoms with Crippen LogP contribution in [0.1, 0.15) is 63.5 Å². The van der Waals surface area contributed by atoms with E-state index in [2.05, 4.69) is 22.4 Å². The summed E-state index contributed by atoms with van der Waals surface area (Å²) in [4.78, 5) is 38.7. The van der Waals surface area contributed by atoms with Crippen molar-refractivity contribution in [2.24, 2.45) is 5.10 Å². The van der Waals surface area contributed by atoms with Gasteiger partial charge in [0.2, 0.25) is 11.8 Å². The Morgan fingerprint density at radius 1 is 1.14 bits per heavy atom. The molecule has 29 heavy (non-hydrogen) atoms. The maximum atomic E-state index is 12.3. The Morgan fingerprint density at radius 3 is 2.52 bits per heavy atom. The SMILES string of the molecule is CCCCCCC(=O)NN=C(CC)c1c(O)n(Cc2ccccc2)c(=O)[nH]c1=O. The summed E-state index contributed by atoms with van der Waals surface area (Å²) in [7, 11) is 0. The maximum Gasteiger partial charge on any atom is 0.331 e. The quantitative estimate of drug-likeness (QED) is 0.323. The van der Waals surface area contributed by atoms with E-state index in [9.17, 15) is 19.5 Å². The summed E-state index contributed by atoms with van der Waals surface area (Å²) in [6.07, 6.45) is 4.53. The molecule has 8 nitrogen and oxygen atoms in total. The number of nitrogens with one attached hydrogen (secondary N) is 2. The molecule has 0 spiro atoms. The first kappa shape index (κ1) is 22.1. The van der Waals surface area contributed by atoms with Gasteiger partial charge in [0.05, 0.1) is 12.3 Å². The van der Waals surface area contributed by atoms with Crippen molar-refractivity contribution in [2.75, 3.05) is 0 Å². The molecule has 0 fully saturated rings. The summed E-state index contributed by atoms with van der Waals surface area (Å²) < 4.78 is 1.07. The van der Waals surface area contributed by atoms with Gasteiger partial charge in [-0.15, -0.1) is 0 Å². The van der Waals surface area contributed by atoms with Gasteiger partial charge in [0.25, 0.3) is 5.56 Å². The molecule has 1 heterocycles. The Bertz CT molecular complexity index is 961. The number of aromatic hydroxyl groups is 1. The van der Waals surface area contributed by atoms with E-state index >= 15 is 0 Å². The molecule has 156 valence electrons. The number of amides is 1. The van der Waals surface area contributed by atoms with Crippen LogP contribution in [0.15, 0.2) is 45.0 Å². The number of hydrazone groups is 1. The van der Waals surface area contributed by atoms with Crippen molar-refractivity contribution in [1.29, 1.82) is 0 Å². The van der Waals surface area contributed by atoms with Crippen LogP contribution in [0.5, 0.6) is 5.88 Å². The van der Waals surface area contributed by atoms with E-state index < -0.39 is 17.1 Å². The average molecular weight is 400 g/mol. The number of aromatic amines is 1. The van der Waals surface area contributed by atoms with Crippen LogP contribution < -0.4 is 16.7 Å². The molecule has 0 aliphatic rings. The third-order valence-electron chi connectivity index (χ3n) is 4.55. The van der Waals surface area contributed by atoms with Gasteiger partial charge >= 0.3 is 5.69 Å². The van der Waals surface area contributed by atoms with Gasteiger partial charge in [0.1, 0.15) is 5.56 Å². The predicted octanol–water partition coefficient (Wildman–Crippen LogP) is 2.49. The fourth-order valence-electron chi connectivity index (χ4n) is 2.94. The van der Waals surface area contributed by atoms with Crippen molar-refractivity contribution in [3.63, 3.8) is 0 Å². The molecule has 1 aromatic heterocycles. The number of benzene rings is 1. The van der Waals surface area contributed by atoms with Gasteiger partial charge in [-0.1, -0.05) is 63.4 Å². The second-order valence-electron chi connectivity index (χ2n) is 6.79. The average Bonchev–Trinajstić information content (AvgIpc) is 2.71. The highest BCUT2D eigenvalue weighted by Gasteiger charge is 2.19. The van der Waals surface area contributed by atoms with Crippen molar-refractivity contribution in [3.05, 3.63) is 62.3 Å².